The Bertz CT molecular complexity index is 1050. The van der Waals surface area contributed by atoms with Crippen LogP contribution in [0.3, 0.4) is 0 Å². The molecule has 3 heterocycles. The number of aryl methyl sites for hydroxylation is 1. The average Bonchev–Trinajstić information content (AvgIpc) is 3.01. The van der Waals surface area contributed by atoms with Crippen molar-refractivity contribution in [1.82, 2.24) is 5.32 Å². The summed E-state index contributed by atoms with van der Waals surface area (Å²) in [7, 11) is 0. The molecule has 3 N–H and O–H groups in total. The van der Waals surface area contributed by atoms with Gasteiger partial charge in [0, 0.05) is 12.6 Å². The number of aliphatic hydroxyl groups is 1. The third-order valence-corrected chi connectivity index (χ3v) is 5.00. The standard InChI is InChI=1S/C21H23NO5/c1-4-6-12-11-14(23)26-19-15(12)18-13(7-9-20(2,3)27-18)17(24)16(19)21(25)8-5-10-22-21/h5,7-9,11,22,24-25H,4,6,10H2,1-3H3. The van der Waals surface area contributed by atoms with Crippen LogP contribution in [0.5, 0.6) is 11.5 Å². The molecule has 0 bridgehead atoms. The van der Waals surface area contributed by atoms with E-state index < -0.39 is 17.0 Å². The molecule has 2 aliphatic rings. The molecular formula is C21H23NO5. The van der Waals surface area contributed by atoms with Crippen LogP contribution in [-0.4, -0.2) is 22.4 Å². The predicted octanol–water partition coefficient (Wildman–Crippen LogP) is 2.94. The van der Waals surface area contributed by atoms with Gasteiger partial charge in [-0.15, -0.1) is 0 Å². The summed E-state index contributed by atoms with van der Waals surface area (Å²) in [5, 5.41) is 25.6. The monoisotopic (exact) mass is 369 g/mol. The maximum Gasteiger partial charge on any atom is 0.336 e. The van der Waals surface area contributed by atoms with Gasteiger partial charge in [0.15, 0.2) is 11.3 Å². The molecule has 1 aromatic heterocycles. The highest BCUT2D eigenvalue weighted by Crippen LogP contribution is 2.49. The molecule has 6 nitrogen and oxygen atoms in total. The van der Waals surface area contributed by atoms with Gasteiger partial charge in [-0.3, -0.25) is 5.32 Å². The molecule has 1 aromatic carbocycles. The molecule has 0 radical (unpaired) electrons. The first-order chi connectivity index (χ1) is 12.8. The summed E-state index contributed by atoms with van der Waals surface area (Å²) in [5.41, 5.74) is -1.20. The number of ether oxygens (including phenoxy) is 1. The van der Waals surface area contributed by atoms with Gasteiger partial charge in [-0.05, 0) is 44.1 Å². The number of hydrogen-bond donors (Lipinski definition) is 3. The van der Waals surface area contributed by atoms with Crippen molar-refractivity contribution >= 4 is 17.0 Å². The zero-order valence-electron chi connectivity index (χ0n) is 15.6. The van der Waals surface area contributed by atoms with Crippen LogP contribution in [0.4, 0.5) is 0 Å². The van der Waals surface area contributed by atoms with Gasteiger partial charge in [-0.2, -0.15) is 0 Å². The van der Waals surface area contributed by atoms with Crippen LogP contribution < -0.4 is 15.7 Å². The number of nitrogens with one attached hydrogen (secondary N) is 1. The fourth-order valence-electron chi connectivity index (χ4n) is 3.79. The van der Waals surface area contributed by atoms with Crippen molar-refractivity contribution in [1.29, 1.82) is 0 Å². The lowest BCUT2D eigenvalue weighted by Crippen LogP contribution is -2.37. The fourth-order valence-corrected chi connectivity index (χ4v) is 3.79. The van der Waals surface area contributed by atoms with Crippen molar-refractivity contribution in [2.24, 2.45) is 0 Å². The summed E-state index contributed by atoms with van der Waals surface area (Å²) in [4.78, 5) is 12.2. The molecule has 0 spiro atoms. The second-order valence-electron chi connectivity index (χ2n) is 7.60. The predicted molar refractivity (Wildman–Crippen MR) is 103 cm³/mol. The van der Waals surface area contributed by atoms with E-state index in [0.29, 0.717) is 29.7 Å². The normalized spacial score (nSPS) is 22.8. The van der Waals surface area contributed by atoms with E-state index in [1.54, 1.807) is 18.2 Å². The largest absolute Gasteiger partial charge is 0.507 e. The third-order valence-electron chi connectivity index (χ3n) is 5.00. The van der Waals surface area contributed by atoms with Crippen LogP contribution in [0, 0.1) is 0 Å². The van der Waals surface area contributed by atoms with Crippen LogP contribution in [0.1, 0.15) is 43.9 Å². The van der Waals surface area contributed by atoms with Crippen LogP contribution in [-0.2, 0) is 12.1 Å². The minimum absolute atomic E-state index is 0.132. The van der Waals surface area contributed by atoms with Crippen LogP contribution in [0.25, 0.3) is 17.0 Å². The third kappa shape index (κ3) is 2.76. The molecule has 1 unspecified atom stereocenters. The summed E-state index contributed by atoms with van der Waals surface area (Å²) in [6.45, 7) is 6.29. The molecule has 0 saturated carbocycles. The maximum atomic E-state index is 12.2. The lowest BCUT2D eigenvalue weighted by molar-refractivity contribution is 0.0620. The van der Waals surface area contributed by atoms with E-state index in [1.807, 2.05) is 26.8 Å². The number of aromatic hydroxyl groups is 1. The van der Waals surface area contributed by atoms with E-state index in [2.05, 4.69) is 5.32 Å². The first-order valence-electron chi connectivity index (χ1n) is 9.15. The Labute approximate surface area is 156 Å². The highest BCUT2D eigenvalue weighted by Gasteiger charge is 2.39. The number of phenolic OH excluding ortho intramolecular Hbond substituents is 1. The van der Waals surface area contributed by atoms with Crippen molar-refractivity contribution in [2.75, 3.05) is 6.54 Å². The minimum Gasteiger partial charge on any atom is -0.507 e. The zero-order chi connectivity index (χ0) is 19.4. The molecule has 27 heavy (non-hydrogen) atoms. The quantitative estimate of drug-likeness (QED) is 0.569. The molecule has 4 rings (SSSR count). The van der Waals surface area contributed by atoms with E-state index in [0.717, 1.165) is 12.0 Å². The average molecular weight is 369 g/mol. The van der Waals surface area contributed by atoms with Gasteiger partial charge in [0.1, 0.15) is 17.1 Å². The van der Waals surface area contributed by atoms with Gasteiger partial charge in [0.2, 0.25) is 0 Å². The molecule has 2 aliphatic heterocycles. The number of hydrogen-bond acceptors (Lipinski definition) is 6. The smallest absolute Gasteiger partial charge is 0.336 e. The molecule has 1 atom stereocenters. The topological polar surface area (TPSA) is 91.9 Å². The van der Waals surface area contributed by atoms with Crippen molar-refractivity contribution in [3.8, 4) is 11.5 Å². The van der Waals surface area contributed by atoms with Gasteiger partial charge in [-0.1, -0.05) is 19.4 Å². The Kier molecular flexibility index (Phi) is 3.94. The fraction of sp³-hybridized carbons (Fsp3) is 0.381. The molecule has 2 aromatic rings. The lowest BCUT2D eigenvalue weighted by Gasteiger charge is -2.32. The van der Waals surface area contributed by atoms with E-state index in [1.165, 1.54) is 6.07 Å². The summed E-state index contributed by atoms with van der Waals surface area (Å²) in [5.74, 6) is 0.305. The first kappa shape index (κ1) is 17.8. The van der Waals surface area contributed by atoms with E-state index in [-0.39, 0.29) is 16.9 Å². The number of benzene rings is 1. The van der Waals surface area contributed by atoms with Crippen LogP contribution >= 0.6 is 0 Å². The van der Waals surface area contributed by atoms with Crippen molar-refractivity contribution < 1.29 is 19.4 Å². The highest BCUT2D eigenvalue weighted by atomic mass is 16.5. The van der Waals surface area contributed by atoms with E-state index in [4.69, 9.17) is 9.15 Å². The van der Waals surface area contributed by atoms with E-state index >= 15 is 0 Å². The van der Waals surface area contributed by atoms with Crippen LogP contribution in [0.2, 0.25) is 0 Å². The van der Waals surface area contributed by atoms with Gasteiger partial charge < -0.3 is 19.4 Å². The van der Waals surface area contributed by atoms with Gasteiger partial charge in [0.05, 0.1) is 16.5 Å². The van der Waals surface area contributed by atoms with Gasteiger partial charge >= 0.3 is 5.63 Å². The van der Waals surface area contributed by atoms with Crippen molar-refractivity contribution in [2.45, 2.75) is 44.9 Å². The first-order valence-corrected chi connectivity index (χ1v) is 9.15. The van der Waals surface area contributed by atoms with Crippen molar-refractivity contribution in [3.05, 3.63) is 51.4 Å². The second kappa shape index (κ2) is 5.97. The SMILES string of the molecule is CCCc1cc(=O)oc2c(C3(O)C=CCN3)c(O)c3c(c12)OC(C)(C)C=C3. The Hall–Kier alpha value is -2.57. The van der Waals surface area contributed by atoms with E-state index in [9.17, 15) is 15.0 Å². The minimum atomic E-state index is -1.63. The Balaban J connectivity index is 2.18. The Morgan fingerprint density at radius 1 is 1.30 bits per heavy atom. The number of rotatable bonds is 3. The maximum absolute atomic E-state index is 12.2. The van der Waals surface area contributed by atoms with Gasteiger partial charge in [-0.25, -0.2) is 4.79 Å². The molecule has 142 valence electrons. The molecule has 0 saturated heterocycles. The number of phenols is 1. The lowest BCUT2D eigenvalue weighted by atomic mass is 9.90. The molecule has 0 fully saturated rings. The second-order valence-corrected chi connectivity index (χ2v) is 7.60. The molecule has 0 aliphatic carbocycles. The Morgan fingerprint density at radius 2 is 2.07 bits per heavy atom. The van der Waals surface area contributed by atoms with Crippen molar-refractivity contribution in [3.63, 3.8) is 0 Å². The molecule has 6 heteroatoms. The van der Waals surface area contributed by atoms with Gasteiger partial charge in [0.25, 0.3) is 0 Å². The molecular weight excluding hydrogens is 346 g/mol. The Morgan fingerprint density at radius 3 is 2.74 bits per heavy atom. The highest BCUT2D eigenvalue weighted by molar-refractivity contribution is 5.97. The molecule has 0 amide bonds. The summed E-state index contributed by atoms with van der Waals surface area (Å²) in [6.07, 6.45) is 8.43. The summed E-state index contributed by atoms with van der Waals surface area (Å²) < 4.78 is 11.7. The van der Waals surface area contributed by atoms with Crippen LogP contribution in [0.15, 0.2) is 33.5 Å². The zero-order valence-corrected chi connectivity index (χ0v) is 15.6. The number of fused-ring (bicyclic) bond motifs is 3. The summed E-state index contributed by atoms with van der Waals surface area (Å²) in [6, 6.07) is 1.46. The summed E-state index contributed by atoms with van der Waals surface area (Å²) >= 11 is 0.